The number of aliphatic hydroxyl groups is 1. The number of rotatable bonds is 7. The Morgan fingerprint density at radius 1 is 1.25 bits per heavy atom. The van der Waals surface area contributed by atoms with Gasteiger partial charge in [-0.05, 0) is 44.0 Å². The quantitative estimate of drug-likeness (QED) is 0.167. The molecule has 2 aromatic heterocycles. The van der Waals surface area contributed by atoms with Crippen molar-refractivity contribution in [2.24, 2.45) is 0 Å². The zero-order valence-electron chi connectivity index (χ0n) is 20.2. The number of amides is 1. The molecule has 3 heterocycles. The van der Waals surface area contributed by atoms with Crippen LogP contribution in [0.2, 0.25) is 0 Å². The van der Waals surface area contributed by atoms with E-state index in [9.17, 15) is 19.5 Å². The van der Waals surface area contributed by atoms with E-state index in [1.807, 2.05) is 0 Å². The van der Waals surface area contributed by atoms with Gasteiger partial charge in [-0.3, -0.25) is 14.5 Å². The molecule has 3 aromatic rings. The highest BCUT2D eigenvalue weighted by Crippen LogP contribution is 2.43. The molecule has 1 saturated heterocycles. The molecule has 0 saturated carbocycles. The van der Waals surface area contributed by atoms with Gasteiger partial charge in [-0.25, -0.2) is 4.79 Å². The first-order valence-electron chi connectivity index (χ1n) is 11.0. The Labute approximate surface area is 206 Å². The van der Waals surface area contributed by atoms with E-state index in [1.165, 1.54) is 18.1 Å². The number of ketones is 1. The van der Waals surface area contributed by atoms with Crippen LogP contribution in [-0.4, -0.2) is 46.6 Å². The van der Waals surface area contributed by atoms with Gasteiger partial charge in [-0.15, -0.1) is 0 Å². The van der Waals surface area contributed by atoms with E-state index < -0.39 is 29.5 Å². The Morgan fingerprint density at radius 2 is 1.94 bits per heavy atom. The summed E-state index contributed by atoms with van der Waals surface area (Å²) < 4.78 is 15.5. The van der Waals surface area contributed by atoms with Crippen LogP contribution in [-0.2, 0) is 14.3 Å². The molecule has 1 unspecified atom stereocenters. The Balaban J connectivity index is 1.92. The largest absolute Gasteiger partial charge is 0.507 e. The van der Waals surface area contributed by atoms with Gasteiger partial charge >= 0.3 is 11.9 Å². The SMILES string of the molecule is C=CCOc1ccc(C2/C(=C(\O)c3c(C)[nH]c(C(=O)OC)c3C)C(=O)C(=O)N2c2cc(C)on2)cc1. The third kappa shape index (κ3) is 4.06. The fourth-order valence-electron chi connectivity index (χ4n) is 4.30. The third-order valence-electron chi connectivity index (χ3n) is 5.93. The summed E-state index contributed by atoms with van der Waals surface area (Å²) in [5.41, 5.74) is 1.57. The predicted molar refractivity (Wildman–Crippen MR) is 130 cm³/mol. The lowest BCUT2D eigenvalue weighted by Gasteiger charge is -2.23. The zero-order chi connectivity index (χ0) is 26.1. The minimum atomic E-state index is -1.02. The lowest BCUT2D eigenvalue weighted by molar-refractivity contribution is -0.132. The van der Waals surface area contributed by atoms with Gasteiger partial charge in [0.05, 0.1) is 18.7 Å². The number of esters is 1. The summed E-state index contributed by atoms with van der Waals surface area (Å²) >= 11 is 0. The number of aliphatic hydroxyl groups excluding tert-OH is 1. The van der Waals surface area contributed by atoms with Crippen molar-refractivity contribution in [3.05, 3.63) is 82.4 Å². The monoisotopic (exact) mass is 491 g/mol. The number of aromatic nitrogens is 2. The van der Waals surface area contributed by atoms with Crippen LogP contribution in [0.15, 0.2) is 53.1 Å². The number of hydrogen-bond donors (Lipinski definition) is 2. The van der Waals surface area contributed by atoms with Gasteiger partial charge in [0.15, 0.2) is 5.82 Å². The number of H-pyrrole nitrogens is 1. The maximum atomic E-state index is 13.3. The molecular formula is C26H25N3O7. The van der Waals surface area contributed by atoms with E-state index in [4.69, 9.17) is 14.0 Å². The van der Waals surface area contributed by atoms with Crippen LogP contribution in [0.1, 0.15) is 44.7 Å². The van der Waals surface area contributed by atoms with Gasteiger partial charge in [0.1, 0.15) is 29.6 Å². The summed E-state index contributed by atoms with van der Waals surface area (Å²) in [6, 6.07) is 7.28. The van der Waals surface area contributed by atoms with Gasteiger partial charge in [0.25, 0.3) is 5.78 Å². The van der Waals surface area contributed by atoms with E-state index in [0.29, 0.717) is 34.9 Å². The molecule has 0 bridgehead atoms. The summed E-state index contributed by atoms with van der Waals surface area (Å²) in [6.07, 6.45) is 1.61. The first kappa shape index (κ1) is 24.5. The Hall–Kier alpha value is -4.60. The number of aromatic amines is 1. The number of Topliss-reactive ketones (excluding diaryl/α,β-unsaturated/α-hetero) is 1. The number of carbonyl (C=O) groups is 3. The molecule has 186 valence electrons. The van der Waals surface area contributed by atoms with Crippen LogP contribution in [0.4, 0.5) is 5.82 Å². The van der Waals surface area contributed by atoms with Gasteiger partial charge in [0, 0.05) is 17.3 Å². The molecule has 0 aliphatic carbocycles. The molecule has 10 heteroatoms. The van der Waals surface area contributed by atoms with E-state index in [2.05, 4.69) is 16.7 Å². The average Bonchev–Trinajstić information content (AvgIpc) is 3.50. The van der Waals surface area contributed by atoms with Crippen molar-refractivity contribution in [2.45, 2.75) is 26.8 Å². The van der Waals surface area contributed by atoms with Crippen molar-refractivity contribution < 1.29 is 33.5 Å². The molecule has 10 nitrogen and oxygen atoms in total. The number of aryl methyl sites for hydroxylation is 2. The van der Waals surface area contributed by atoms with Crippen LogP contribution in [0.3, 0.4) is 0 Å². The minimum Gasteiger partial charge on any atom is -0.507 e. The lowest BCUT2D eigenvalue weighted by atomic mass is 9.94. The van der Waals surface area contributed by atoms with Crippen molar-refractivity contribution in [3.8, 4) is 5.75 Å². The van der Waals surface area contributed by atoms with Gasteiger partial charge in [-0.1, -0.05) is 29.9 Å². The Bertz CT molecular complexity index is 1400. The number of benzene rings is 1. The standard InChI is InChI=1S/C26H25N3O7/c1-6-11-35-17-9-7-16(8-10-17)22-20(24(31)25(32)29(22)18-12-13(2)36-28-18)23(30)19-14(3)21(26(33)34-5)27-15(19)4/h6-10,12,22,27,30H,1,11H2,2-5H3/b23-20+. The zero-order valence-corrected chi connectivity index (χ0v) is 20.2. The molecule has 4 rings (SSSR count). The van der Waals surface area contributed by atoms with E-state index in [0.717, 1.165) is 0 Å². The highest BCUT2D eigenvalue weighted by Gasteiger charge is 2.48. The second kappa shape index (κ2) is 9.57. The normalized spacial score (nSPS) is 16.9. The van der Waals surface area contributed by atoms with Crippen molar-refractivity contribution in [3.63, 3.8) is 0 Å². The summed E-state index contributed by atoms with van der Waals surface area (Å²) in [6.45, 7) is 8.85. The van der Waals surface area contributed by atoms with Crippen LogP contribution < -0.4 is 9.64 Å². The van der Waals surface area contributed by atoms with Crippen molar-refractivity contribution >= 4 is 29.2 Å². The number of nitrogens with one attached hydrogen (secondary N) is 1. The first-order valence-corrected chi connectivity index (χ1v) is 11.0. The maximum Gasteiger partial charge on any atom is 0.354 e. The van der Waals surface area contributed by atoms with Crippen molar-refractivity contribution in [1.82, 2.24) is 10.1 Å². The van der Waals surface area contributed by atoms with Crippen LogP contribution in [0.5, 0.6) is 5.75 Å². The molecule has 1 fully saturated rings. The van der Waals surface area contributed by atoms with Crippen molar-refractivity contribution in [2.75, 3.05) is 18.6 Å². The predicted octanol–water partition coefficient (Wildman–Crippen LogP) is 3.91. The number of ether oxygens (including phenoxy) is 2. The Morgan fingerprint density at radius 3 is 2.53 bits per heavy atom. The molecule has 1 amide bonds. The molecule has 1 atom stereocenters. The fourth-order valence-corrected chi connectivity index (χ4v) is 4.30. The van der Waals surface area contributed by atoms with Crippen LogP contribution >= 0.6 is 0 Å². The number of carbonyl (C=O) groups excluding carboxylic acids is 3. The smallest absolute Gasteiger partial charge is 0.354 e. The molecule has 0 spiro atoms. The second-order valence-electron chi connectivity index (χ2n) is 8.25. The van der Waals surface area contributed by atoms with E-state index in [1.54, 1.807) is 51.1 Å². The molecule has 1 aromatic carbocycles. The number of anilines is 1. The number of hydrogen-bond acceptors (Lipinski definition) is 8. The summed E-state index contributed by atoms with van der Waals surface area (Å²) in [7, 11) is 1.24. The first-order chi connectivity index (χ1) is 17.2. The molecule has 1 aliphatic rings. The maximum absolute atomic E-state index is 13.3. The molecule has 0 radical (unpaired) electrons. The summed E-state index contributed by atoms with van der Waals surface area (Å²) in [5.74, 6) is -1.69. The summed E-state index contributed by atoms with van der Waals surface area (Å²) in [4.78, 5) is 42.8. The van der Waals surface area contributed by atoms with E-state index in [-0.39, 0.29) is 22.6 Å². The van der Waals surface area contributed by atoms with Gasteiger partial charge < -0.3 is 24.1 Å². The highest BCUT2D eigenvalue weighted by molar-refractivity contribution is 6.51. The van der Waals surface area contributed by atoms with Crippen LogP contribution in [0.25, 0.3) is 5.76 Å². The molecular weight excluding hydrogens is 466 g/mol. The van der Waals surface area contributed by atoms with Gasteiger partial charge in [-0.2, -0.15) is 0 Å². The summed E-state index contributed by atoms with van der Waals surface area (Å²) in [5, 5.41) is 15.4. The topological polar surface area (TPSA) is 135 Å². The third-order valence-corrected chi connectivity index (χ3v) is 5.93. The second-order valence-corrected chi connectivity index (χ2v) is 8.25. The minimum absolute atomic E-state index is 0.128. The molecule has 2 N–H and O–H groups in total. The van der Waals surface area contributed by atoms with Gasteiger partial charge in [0.2, 0.25) is 0 Å². The lowest BCUT2D eigenvalue weighted by Crippen LogP contribution is -2.29. The van der Waals surface area contributed by atoms with Crippen LogP contribution in [0, 0.1) is 20.8 Å². The number of methoxy groups -OCH3 is 1. The highest BCUT2D eigenvalue weighted by atomic mass is 16.5. The average molecular weight is 492 g/mol. The number of nitrogens with zero attached hydrogens (tertiary/aromatic N) is 2. The molecule has 1 aliphatic heterocycles. The van der Waals surface area contributed by atoms with Crippen molar-refractivity contribution in [1.29, 1.82) is 0 Å². The fraction of sp³-hybridized carbons (Fsp3) is 0.231. The Kier molecular flexibility index (Phi) is 6.52. The molecule has 36 heavy (non-hydrogen) atoms. The van der Waals surface area contributed by atoms with E-state index >= 15 is 0 Å².